The molecule has 0 aromatic rings. The number of aliphatic hydroxyl groups is 5. The molecule has 2 unspecified atom stereocenters. The lowest BCUT2D eigenvalue weighted by atomic mass is 9.99. The zero-order valence-electron chi connectivity index (χ0n) is 36.6. The fourth-order valence-electron chi connectivity index (χ4n) is 7.34. The van der Waals surface area contributed by atoms with Crippen LogP contribution in [0.2, 0.25) is 0 Å². The highest BCUT2D eigenvalue weighted by molar-refractivity contribution is 5.76. The van der Waals surface area contributed by atoms with Crippen molar-refractivity contribution in [2.24, 2.45) is 0 Å². The minimum atomic E-state index is -1.57. The van der Waals surface area contributed by atoms with E-state index in [0.29, 0.717) is 6.42 Å². The molecular weight excluding hydrogens is 719 g/mol. The van der Waals surface area contributed by atoms with Crippen molar-refractivity contribution in [3.05, 3.63) is 36.5 Å². The minimum Gasteiger partial charge on any atom is -0.394 e. The SMILES string of the molecule is CCCCCCCC/C=C/CCCCCCCCCCCCCC(=O)N[C@@H](CO[C@H]1O[C@@H](CO)[C@H](O)C(O)C1O)[C@H](O)/C=C/CC/C=C/CCCCCCCCC. The molecular formula is C48H89NO8. The molecule has 0 bridgehead atoms. The van der Waals surface area contributed by atoms with E-state index in [9.17, 15) is 30.3 Å². The van der Waals surface area contributed by atoms with Gasteiger partial charge in [0, 0.05) is 6.42 Å². The first kappa shape index (κ1) is 53.4. The molecule has 0 spiro atoms. The van der Waals surface area contributed by atoms with E-state index in [1.807, 2.05) is 6.08 Å². The topological polar surface area (TPSA) is 149 Å². The van der Waals surface area contributed by atoms with E-state index >= 15 is 0 Å². The number of ether oxygens (including phenoxy) is 2. The van der Waals surface area contributed by atoms with Gasteiger partial charge in [0.2, 0.25) is 5.91 Å². The van der Waals surface area contributed by atoms with Crippen LogP contribution < -0.4 is 5.32 Å². The Labute approximate surface area is 349 Å². The van der Waals surface area contributed by atoms with Crippen molar-refractivity contribution in [2.45, 2.75) is 249 Å². The molecule has 7 atom stereocenters. The molecule has 1 aliphatic heterocycles. The second kappa shape index (κ2) is 38.6. The van der Waals surface area contributed by atoms with Gasteiger partial charge in [-0.1, -0.05) is 179 Å². The average molecular weight is 808 g/mol. The van der Waals surface area contributed by atoms with Gasteiger partial charge in [-0.3, -0.25) is 4.79 Å². The van der Waals surface area contributed by atoms with E-state index in [1.165, 1.54) is 148 Å². The Kier molecular flexibility index (Phi) is 36.2. The number of hydrogen-bond donors (Lipinski definition) is 6. The third-order valence-electron chi connectivity index (χ3n) is 11.2. The number of aliphatic hydroxyl groups excluding tert-OH is 5. The molecule has 1 rings (SSSR count). The van der Waals surface area contributed by atoms with Crippen LogP contribution in [0.4, 0.5) is 0 Å². The number of allylic oxidation sites excluding steroid dienone is 5. The van der Waals surface area contributed by atoms with Crippen molar-refractivity contribution in [1.29, 1.82) is 0 Å². The standard InChI is InChI=1S/C48H89NO8/c1-3-5-7-9-11-13-15-17-18-19-20-21-22-23-24-26-28-30-32-34-36-38-44(52)49-41(40-56-48-47(55)46(54)45(53)43(39-50)57-48)42(51)37-35-33-31-29-27-25-16-14-12-10-8-6-4-2/h17-18,27,29,35,37,41-43,45-48,50-51,53-55H,3-16,19-26,28,30-34,36,38-40H2,1-2H3,(H,49,52)/b18-17+,29-27+,37-35+/t41-,42+,43-,45-,46?,47?,48-/m0/s1. The first-order valence-corrected chi connectivity index (χ1v) is 23.7. The fourth-order valence-corrected chi connectivity index (χ4v) is 7.34. The van der Waals surface area contributed by atoms with Gasteiger partial charge in [-0.25, -0.2) is 0 Å². The Morgan fingerprint density at radius 2 is 1.00 bits per heavy atom. The van der Waals surface area contributed by atoms with Gasteiger partial charge < -0.3 is 40.3 Å². The molecule has 334 valence electrons. The predicted octanol–water partition coefficient (Wildman–Crippen LogP) is 10.1. The summed E-state index contributed by atoms with van der Waals surface area (Å²) in [6.07, 6.45) is 40.5. The molecule has 0 saturated carbocycles. The highest BCUT2D eigenvalue weighted by Gasteiger charge is 2.44. The molecule has 9 nitrogen and oxygen atoms in total. The number of unbranched alkanes of at least 4 members (excludes halogenated alkanes) is 25. The second-order valence-electron chi connectivity index (χ2n) is 16.5. The van der Waals surface area contributed by atoms with Gasteiger partial charge in [0.05, 0.1) is 25.4 Å². The van der Waals surface area contributed by atoms with Crippen molar-refractivity contribution in [3.63, 3.8) is 0 Å². The van der Waals surface area contributed by atoms with Crippen LogP contribution in [0.25, 0.3) is 0 Å². The molecule has 0 aliphatic carbocycles. The Balaban J connectivity index is 2.32. The number of carbonyl (C=O) groups excluding carboxylic acids is 1. The molecule has 1 heterocycles. The summed E-state index contributed by atoms with van der Waals surface area (Å²) in [6, 6.07) is -0.819. The molecule has 0 radical (unpaired) electrons. The number of hydrogen-bond acceptors (Lipinski definition) is 8. The molecule has 9 heteroatoms. The number of nitrogens with one attached hydrogen (secondary N) is 1. The lowest BCUT2D eigenvalue weighted by Crippen LogP contribution is -2.60. The molecule has 1 saturated heterocycles. The van der Waals surface area contributed by atoms with Crippen LogP contribution in [0, 0.1) is 0 Å². The fraction of sp³-hybridized carbons (Fsp3) is 0.854. The van der Waals surface area contributed by atoms with Crippen LogP contribution in [0.3, 0.4) is 0 Å². The largest absolute Gasteiger partial charge is 0.394 e. The molecule has 57 heavy (non-hydrogen) atoms. The lowest BCUT2D eigenvalue weighted by Gasteiger charge is -2.40. The summed E-state index contributed by atoms with van der Waals surface area (Å²) in [5.74, 6) is -0.188. The Hall–Kier alpha value is -1.59. The van der Waals surface area contributed by atoms with Crippen LogP contribution in [-0.2, 0) is 14.3 Å². The van der Waals surface area contributed by atoms with Gasteiger partial charge in [0.15, 0.2) is 6.29 Å². The summed E-state index contributed by atoms with van der Waals surface area (Å²) >= 11 is 0. The van der Waals surface area contributed by atoms with Crippen LogP contribution in [0.5, 0.6) is 0 Å². The van der Waals surface area contributed by atoms with Crippen molar-refractivity contribution in [1.82, 2.24) is 5.32 Å². The predicted molar refractivity (Wildman–Crippen MR) is 235 cm³/mol. The Morgan fingerprint density at radius 1 is 0.579 bits per heavy atom. The van der Waals surface area contributed by atoms with Gasteiger partial charge >= 0.3 is 0 Å². The van der Waals surface area contributed by atoms with E-state index in [2.05, 4.69) is 43.5 Å². The molecule has 1 amide bonds. The third-order valence-corrected chi connectivity index (χ3v) is 11.2. The number of rotatable bonds is 39. The van der Waals surface area contributed by atoms with E-state index in [-0.39, 0.29) is 12.5 Å². The van der Waals surface area contributed by atoms with Crippen LogP contribution in [0.15, 0.2) is 36.5 Å². The molecule has 0 aromatic heterocycles. The van der Waals surface area contributed by atoms with E-state index in [1.54, 1.807) is 6.08 Å². The van der Waals surface area contributed by atoms with Gasteiger partial charge in [0.1, 0.15) is 24.4 Å². The van der Waals surface area contributed by atoms with Gasteiger partial charge in [-0.15, -0.1) is 0 Å². The zero-order valence-corrected chi connectivity index (χ0v) is 36.6. The van der Waals surface area contributed by atoms with Gasteiger partial charge in [-0.2, -0.15) is 0 Å². The summed E-state index contributed by atoms with van der Waals surface area (Å²) in [6.45, 7) is 3.74. The quantitative estimate of drug-likeness (QED) is 0.0266. The van der Waals surface area contributed by atoms with Crippen molar-refractivity contribution >= 4 is 5.91 Å². The summed E-state index contributed by atoms with van der Waals surface area (Å²) in [5, 5.41) is 54.1. The van der Waals surface area contributed by atoms with E-state index in [0.717, 1.165) is 38.5 Å². The number of amides is 1. The maximum Gasteiger partial charge on any atom is 0.220 e. The van der Waals surface area contributed by atoms with Crippen molar-refractivity contribution < 1.29 is 39.8 Å². The van der Waals surface area contributed by atoms with Crippen LogP contribution >= 0.6 is 0 Å². The summed E-state index contributed by atoms with van der Waals surface area (Å²) in [5.41, 5.74) is 0. The normalized spacial score (nSPS) is 21.3. The molecule has 1 fully saturated rings. The lowest BCUT2D eigenvalue weighted by molar-refractivity contribution is -0.302. The first-order chi connectivity index (χ1) is 27.8. The maximum absolute atomic E-state index is 13.0. The highest BCUT2D eigenvalue weighted by Crippen LogP contribution is 2.22. The van der Waals surface area contributed by atoms with Gasteiger partial charge in [-0.05, 0) is 57.8 Å². The van der Waals surface area contributed by atoms with E-state index < -0.39 is 49.5 Å². The number of carbonyl (C=O) groups is 1. The highest BCUT2D eigenvalue weighted by atomic mass is 16.7. The van der Waals surface area contributed by atoms with E-state index in [4.69, 9.17) is 9.47 Å². The summed E-state index contributed by atoms with van der Waals surface area (Å²) < 4.78 is 11.2. The monoisotopic (exact) mass is 808 g/mol. The molecule has 1 aliphatic rings. The second-order valence-corrected chi connectivity index (χ2v) is 16.5. The van der Waals surface area contributed by atoms with Crippen molar-refractivity contribution in [2.75, 3.05) is 13.2 Å². The maximum atomic E-state index is 13.0. The van der Waals surface area contributed by atoms with Gasteiger partial charge in [0.25, 0.3) is 0 Å². The first-order valence-electron chi connectivity index (χ1n) is 23.7. The third kappa shape index (κ3) is 29.3. The average Bonchev–Trinajstić information content (AvgIpc) is 3.21. The minimum absolute atomic E-state index is 0.188. The Bertz CT molecular complexity index is 987. The molecule has 0 aromatic carbocycles. The van der Waals surface area contributed by atoms with Crippen molar-refractivity contribution in [3.8, 4) is 0 Å². The van der Waals surface area contributed by atoms with Crippen LogP contribution in [0.1, 0.15) is 206 Å². The zero-order chi connectivity index (χ0) is 41.6. The molecule has 6 N–H and O–H groups in total. The Morgan fingerprint density at radius 3 is 1.47 bits per heavy atom. The smallest absolute Gasteiger partial charge is 0.220 e. The summed E-state index contributed by atoms with van der Waals surface area (Å²) in [7, 11) is 0. The summed E-state index contributed by atoms with van der Waals surface area (Å²) in [4.78, 5) is 13.0. The van der Waals surface area contributed by atoms with Crippen LogP contribution in [-0.4, -0.2) is 87.5 Å².